The Morgan fingerprint density at radius 1 is 0.933 bits per heavy atom. The zero-order valence-corrected chi connectivity index (χ0v) is 11.6. The molecule has 0 aromatic heterocycles. The van der Waals surface area contributed by atoms with Crippen LogP contribution in [0.2, 0.25) is 0 Å². The molecule has 0 spiro atoms. The molecule has 0 heterocycles. The van der Waals surface area contributed by atoms with Crippen LogP contribution in [-0.2, 0) is 4.79 Å². The first-order valence-corrected chi connectivity index (χ1v) is 5.66. The molecule has 90 valence electrons. The average molecular weight is 213 g/mol. The first kappa shape index (κ1) is 14.5. The highest BCUT2D eigenvalue weighted by Crippen LogP contribution is 2.33. The lowest BCUT2D eigenvalue weighted by molar-refractivity contribution is -0.132. The van der Waals surface area contributed by atoms with Gasteiger partial charge in [-0.3, -0.25) is 4.79 Å². The molecule has 0 fully saturated rings. The molecule has 0 atom stereocenters. The van der Waals surface area contributed by atoms with E-state index in [-0.39, 0.29) is 22.3 Å². The zero-order chi connectivity index (χ0) is 12.5. The van der Waals surface area contributed by atoms with Gasteiger partial charge in [0, 0.05) is 11.0 Å². The molecule has 2 heteroatoms. The van der Waals surface area contributed by atoms with E-state index in [0.717, 1.165) is 6.42 Å². The first-order valence-electron chi connectivity index (χ1n) is 5.66. The number of rotatable bonds is 2. The fourth-order valence-corrected chi connectivity index (χ4v) is 1.92. The van der Waals surface area contributed by atoms with Crippen molar-refractivity contribution in [2.75, 3.05) is 0 Å². The third-order valence-corrected chi connectivity index (χ3v) is 2.08. The van der Waals surface area contributed by atoms with Crippen molar-refractivity contribution in [1.82, 2.24) is 5.32 Å². The van der Waals surface area contributed by atoms with E-state index in [1.54, 1.807) is 0 Å². The van der Waals surface area contributed by atoms with Gasteiger partial charge in [-0.15, -0.1) is 0 Å². The first-order chi connectivity index (χ1) is 6.33. The molecular formula is C13H27NO. The maximum atomic E-state index is 12.0. The summed E-state index contributed by atoms with van der Waals surface area (Å²) in [5.74, 6) is 0.143. The van der Waals surface area contributed by atoms with Crippen LogP contribution in [-0.4, -0.2) is 11.4 Å². The van der Waals surface area contributed by atoms with Crippen LogP contribution in [0.5, 0.6) is 0 Å². The SMILES string of the molecule is CC(C)(C)CC(C)(C)C(=O)NC(C)(C)C. The molecule has 0 aliphatic carbocycles. The number of carbonyl (C=O) groups is 1. The van der Waals surface area contributed by atoms with E-state index in [9.17, 15) is 4.79 Å². The maximum absolute atomic E-state index is 12.0. The summed E-state index contributed by atoms with van der Waals surface area (Å²) < 4.78 is 0. The summed E-state index contributed by atoms with van der Waals surface area (Å²) >= 11 is 0. The third-order valence-electron chi connectivity index (χ3n) is 2.08. The van der Waals surface area contributed by atoms with Crippen molar-refractivity contribution in [3.05, 3.63) is 0 Å². The van der Waals surface area contributed by atoms with Gasteiger partial charge in [0.15, 0.2) is 0 Å². The number of carbonyl (C=O) groups excluding carboxylic acids is 1. The van der Waals surface area contributed by atoms with Gasteiger partial charge in [0.1, 0.15) is 0 Å². The van der Waals surface area contributed by atoms with Crippen LogP contribution in [0.25, 0.3) is 0 Å². The highest BCUT2D eigenvalue weighted by Gasteiger charge is 2.33. The lowest BCUT2D eigenvalue weighted by atomic mass is 9.75. The lowest BCUT2D eigenvalue weighted by Crippen LogP contribution is -2.48. The highest BCUT2D eigenvalue weighted by atomic mass is 16.2. The Labute approximate surface area is 94.8 Å². The second-order valence-electron chi connectivity index (χ2n) is 7.33. The molecule has 0 aliphatic heterocycles. The Bertz CT molecular complexity index is 228. The average Bonchev–Trinajstić information content (AvgIpc) is 1.75. The van der Waals surface area contributed by atoms with Crippen LogP contribution in [0, 0.1) is 10.8 Å². The van der Waals surface area contributed by atoms with Crippen LogP contribution in [0.3, 0.4) is 0 Å². The molecule has 1 amide bonds. The molecule has 0 saturated heterocycles. The third kappa shape index (κ3) is 6.53. The summed E-state index contributed by atoms with van der Waals surface area (Å²) in [6, 6.07) is 0. The van der Waals surface area contributed by atoms with E-state index in [4.69, 9.17) is 0 Å². The van der Waals surface area contributed by atoms with Crippen molar-refractivity contribution in [1.29, 1.82) is 0 Å². The predicted molar refractivity (Wildman–Crippen MR) is 65.7 cm³/mol. The second-order valence-corrected chi connectivity index (χ2v) is 7.33. The van der Waals surface area contributed by atoms with Crippen molar-refractivity contribution in [2.45, 2.75) is 67.3 Å². The standard InChI is InChI=1S/C13H27NO/c1-11(2,3)9-13(7,8)10(15)14-12(4,5)6/h9H2,1-8H3,(H,14,15). The topological polar surface area (TPSA) is 29.1 Å². The molecule has 0 rings (SSSR count). The molecule has 0 aromatic carbocycles. The molecule has 0 radical (unpaired) electrons. The predicted octanol–water partition coefficient (Wildman–Crippen LogP) is 3.36. The van der Waals surface area contributed by atoms with Crippen LogP contribution in [0.4, 0.5) is 0 Å². The van der Waals surface area contributed by atoms with Crippen LogP contribution >= 0.6 is 0 Å². The van der Waals surface area contributed by atoms with Crippen molar-refractivity contribution >= 4 is 5.91 Å². The smallest absolute Gasteiger partial charge is 0.226 e. The monoisotopic (exact) mass is 213 g/mol. The minimum absolute atomic E-state index is 0.143. The molecular weight excluding hydrogens is 186 g/mol. The van der Waals surface area contributed by atoms with Crippen molar-refractivity contribution in [3.8, 4) is 0 Å². The van der Waals surface area contributed by atoms with Crippen LogP contribution in [0.15, 0.2) is 0 Å². The van der Waals surface area contributed by atoms with Crippen LogP contribution in [0.1, 0.15) is 61.8 Å². The van der Waals surface area contributed by atoms with Gasteiger partial charge >= 0.3 is 0 Å². The Morgan fingerprint density at radius 3 is 1.60 bits per heavy atom. The van der Waals surface area contributed by atoms with Gasteiger partial charge in [-0.2, -0.15) is 0 Å². The maximum Gasteiger partial charge on any atom is 0.226 e. The molecule has 0 aromatic rings. The van der Waals surface area contributed by atoms with Gasteiger partial charge < -0.3 is 5.32 Å². The van der Waals surface area contributed by atoms with Crippen LogP contribution < -0.4 is 5.32 Å². The molecule has 15 heavy (non-hydrogen) atoms. The van der Waals surface area contributed by atoms with Gasteiger partial charge in [0.25, 0.3) is 0 Å². The van der Waals surface area contributed by atoms with E-state index in [1.165, 1.54) is 0 Å². The van der Waals surface area contributed by atoms with Crippen molar-refractivity contribution in [3.63, 3.8) is 0 Å². The number of hydrogen-bond donors (Lipinski definition) is 1. The normalized spacial score (nSPS) is 13.9. The number of amides is 1. The fourth-order valence-electron chi connectivity index (χ4n) is 1.92. The van der Waals surface area contributed by atoms with E-state index < -0.39 is 0 Å². The molecule has 1 N–H and O–H groups in total. The second kappa shape index (κ2) is 4.15. The van der Waals surface area contributed by atoms with Gasteiger partial charge in [0.2, 0.25) is 5.91 Å². The fraction of sp³-hybridized carbons (Fsp3) is 0.923. The molecule has 0 bridgehead atoms. The number of hydrogen-bond acceptors (Lipinski definition) is 1. The summed E-state index contributed by atoms with van der Waals surface area (Å²) in [5, 5.41) is 3.04. The lowest BCUT2D eigenvalue weighted by Gasteiger charge is -2.34. The number of nitrogens with one attached hydrogen (secondary N) is 1. The molecule has 0 aliphatic rings. The Kier molecular flexibility index (Phi) is 4.00. The Balaban J connectivity index is 4.54. The van der Waals surface area contributed by atoms with E-state index >= 15 is 0 Å². The molecule has 2 nitrogen and oxygen atoms in total. The van der Waals surface area contributed by atoms with E-state index in [0.29, 0.717) is 0 Å². The quantitative estimate of drug-likeness (QED) is 0.748. The summed E-state index contributed by atoms with van der Waals surface area (Å²) in [5.41, 5.74) is -0.267. The van der Waals surface area contributed by atoms with Gasteiger partial charge in [-0.1, -0.05) is 34.6 Å². The van der Waals surface area contributed by atoms with Crippen molar-refractivity contribution in [2.24, 2.45) is 10.8 Å². The van der Waals surface area contributed by atoms with Gasteiger partial charge in [0.05, 0.1) is 0 Å². The Morgan fingerprint density at radius 2 is 1.33 bits per heavy atom. The summed E-state index contributed by atoms with van der Waals surface area (Å²) in [6.07, 6.45) is 0.891. The summed E-state index contributed by atoms with van der Waals surface area (Å²) in [7, 11) is 0. The minimum Gasteiger partial charge on any atom is -0.351 e. The molecule has 0 unspecified atom stereocenters. The van der Waals surface area contributed by atoms with Gasteiger partial charge in [-0.25, -0.2) is 0 Å². The molecule has 0 saturated carbocycles. The minimum atomic E-state index is -0.300. The highest BCUT2D eigenvalue weighted by molar-refractivity contribution is 5.82. The zero-order valence-electron chi connectivity index (χ0n) is 11.6. The van der Waals surface area contributed by atoms with Crippen molar-refractivity contribution < 1.29 is 4.79 Å². The van der Waals surface area contributed by atoms with E-state index in [1.807, 2.05) is 34.6 Å². The summed E-state index contributed by atoms with van der Waals surface area (Å²) in [4.78, 5) is 12.0. The summed E-state index contributed by atoms with van der Waals surface area (Å²) in [6.45, 7) is 16.6. The van der Waals surface area contributed by atoms with Gasteiger partial charge in [-0.05, 0) is 32.6 Å². The largest absolute Gasteiger partial charge is 0.351 e. The Hall–Kier alpha value is -0.530. The van der Waals surface area contributed by atoms with E-state index in [2.05, 4.69) is 26.1 Å².